The molecule has 0 aliphatic rings. The van der Waals surface area contributed by atoms with E-state index in [1.165, 1.54) is 25.6 Å². The minimum absolute atomic E-state index is 0.157. The van der Waals surface area contributed by atoms with Crippen LogP contribution in [0.15, 0.2) is 23.6 Å². The van der Waals surface area contributed by atoms with Gasteiger partial charge in [-0.05, 0) is 24.5 Å². The maximum Gasteiger partial charge on any atom is 0.279 e. The number of carbonyl (C=O) groups excluding carboxylic acids is 1. The predicted molar refractivity (Wildman–Crippen MR) is 148 cm³/mol. The molecule has 1 amide bonds. The van der Waals surface area contributed by atoms with Crippen LogP contribution in [0, 0.1) is 12.8 Å². The first-order valence-electron chi connectivity index (χ1n) is 12.4. The van der Waals surface area contributed by atoms with E-state index in [0.29, 0.717) is 47.8 Å². The van der Waals surface area contributed by atoms with Crippen LogP contribution in [0.5, 0.6) is 28.5 Å². The van der Waals surface area contributed by atoms with Crippen LogP contribution in [0.4, 0.5) is 11.6 Å². The van der Waals surface area contributed by atoms with Crippen LogP contribution < -0.4 is 34.9 Å². The largest absolute Gasteiger partial charge is 0.493 e. The third-order valence-electron chi connectivity index (χ3n) is 5.08. The normalized spacial score (nSPS) is 11.0. The van der Waals surface area contributed by atoms with Gasteiger partial charge in [-0.15, -0.1) is 0 Å². The van der Waals surface area contributed by atoms with Crippen molar-refractivity contribution in [2.24, 2.45) is 5.92 Å². The van der Waals surface area contributed by atoms with Gasteiger partial charge >= 0.3 is 0 Å². The number of carbonyl (C=O) groups is 1. The first kappa shape index (κ1) is 28.9. The van der Waals surface area contributed by atoms with E-state index in [-0.39, 0.29) is 23.1 Å². The molecule has 0 saturated carbocycles. The van der Waals surface area contributed by atoms with Crippen molar-refractivity contribution in [2.75, 3.05) is 44.5 Å². The number of ether oxygens (including phenoxy) is 4. The highest BCUT2D eigenvalue weighted by molar-refractivity contribution is 7.11. The van der Waals surface area contributed by atoms with Crippen LogP contribution in [-0.4, -0.2) is 60.8 Å². The topological polar surface area (TPSA) is 129 Å². The van der Waals surface area contributed by atoms with Gasteiger partial charge in [0.1, 0.15) is 17.2 Å². The number of nitrogens with one attached hydrogen (secondary N) is 3. The van der Waals surface area contributed by atoms with Gasteiger partial charge in [-0.25, -0.2) is 0 Å². The van der Waals surface area contributed by atoms with Crippen LogP contribution in [-0.2, 0) is 0 Å². The van der Waals surface area contributed by atoms with Gasteiger partial charge in [0.15, 0.2) is 5.69 Å². The summed E-state index contributed by atoms with van der Waals surface area (Å²) in [6.45, 7) is 12.2. The highest BCUT2D eigenvalue weighted by Gasteiger charge is 2.21. The van der Waals surface area contributed by atoms with Crippen molar-refractivity contribution >= 4 is 28.9 Å². The molecule has 3 N–H and O–H groups in total. The molecule has 0 fully saturated rings. The maximum absolute atomic E-state index is 13.0. The number of hydrogen-bond acceptors (Lipinski definition) is 11. The summed E-state index contributed by atoms with van der Waals surface area (Å²) in [6, 6.07) is 6.01. The lowest BCUT2D eigenvalue weighted by Gasteiger charge is -2.14. The van der Waals surface area contributed by atoms with E-state index in [2.05, 4.69) is 58.6 Å². The summed E-state index contributed by atoms with van der Waals surface area (Å²) < 4.78 is 22.6. The Balaban J connectivity index is 1.71. The Labute approximate surface area is 227 Å². The lowest BCUT2D eigenvalue weighted by molar-refractivity contribution is 0.102. The standard InChI is InChI=1S/C26H36N6O5S/c1-15(2)13-36-18-9-8-17(5)20(12-18)37-26-29-19(14-38-26)22(33)30-21-23(34-6)31-25(32-24(21)35-7)28-11-10-27-16(3)4/h8-9,12,14-16,27H,10-11,13H2,1-7H3,(H,30,33)(H,28,31,32). The predicted octanol–water partition coefficient (Wildman–Crippen LogP) is 4.75. The summed E-state index contributed by atoms with van der Waals surface area (Å²) >= 11 is 1.21. The highest BCUT2D eigenvalue weighted by Crippen LogP contribution is 2.34. The molecule has 0 spiro atoms. The molecule has 3 aromatic rings. The van der Waals surface area contributed by atoms with E-state index in [1.807, 2.05) is 25.1 Å². The van der Waals surface area contributed by atoms with Crippen molar-refractivity contribution in [1.29, 1.82) is 0 Å². The number of hydrogen-bond donors (Lipinski definition) is 3. The van der Waals surface area contributed by atoms with Crippen molar-refractivity contribution < 1.29 is 23.7 Å². The van der Waals surface area contributed by atoms with Crippen LogP contribution >= 0.6 is 11.3 Å². The number of aromatic nitrogens is 3. The molecule has 0 bridgehead atoms. The number of thiazole rings is 1. The molecule has 206 valence electrons. The van der Waals surface area contributed by atoms with E-state index < -0.39 is 5.91 Å². The molecule has 2 aromatic heterocycles. The van der Waals surface area contributed by atoms with Crippen molar-refractivity contribution in [1.82, 2.24) is 20.3 Å². The third-order valence-corrected chi connectivity index (χ3v) is 5.80. The van der Waals surface area contributed by atoms with E-state index in [9.17, 15) is 4.79 Å². The van der Waals surface area contributed by atoms with Crippen molar-refractivity contribution in [3.05, 3.63) is 34.8 Å². The van der Waals surface area contributed by atoms with E-state index in [1.54, 1.807) is 5.38 Å². The molecule has 0 radical (unpaired) electrons. The van der Waals surface area contributed by atoms with Gasteiger partial charge in [0.2, 0.25) is 17.7 Å². The van der Waals surface area contributed by atoms with Gasteiger partial charge in [-0.2, -0.15) is 15.0 Å². The van der Waals surface area contributed by atoms with Crippen LogP contribution in [0.1, 0.15) is 43.7 Å². The second-order valence-electron chi connectivity index (χ2n) is 9.16. The zero-order valence-corrected chi connectivity index (χ0v) is 23.7. The van der Waals surface area contributed by atoms with Gasteiger partial charge in [0, 0.05) is 30.6 Å². The number of anilines is 2. The maximum atomic E-state index is 13.0. The SMILES string of the molecule is COc1nc(NCCNC(C)C)nc(OC)c1NC(=O)c1csc(Oc2cc(OCC(C)C)ccc2C)n1. The first-order valence-corrected chi connectivity index (χ1v) is 13.2. The Morgan fingerprint density at radius 2 is 1.74 bits per heavy atom. The Hall–Kier alpha value is -3.64. The molecule has 38 heavy (non-hydrogen) atoms. The number of amides is 1. The number of benzene rings is 1. The smallest absolute Gasteiger partial charge is 0.279 e. The molecule has 3 rings (SSSR count). The lowest BCUT2D eigenvalue weighted by atomic mass is 10.2. The van der Waals surface area contributed by atoms with Gasteiger partial charge in [0.25, 0.3) is 11.1 Å². The van der Waals surface area contributed by atoms with Gasteiger partial charge in [-0.3, -0.25) is 4.79 Å². The number of aryl methyl sites for hydroxylation is 1. The van der Waals surface area contributed by atoms with Crippen molar-refractivity contribution in [3.63, 3.8) is 0 Å². The average molecular weight is 545 g/mol. The lowest BCUT2D eigenvalue weighted by Crippen LogP contribution is -2.28. The monoisotopic (exact) mass is 544 g/mol. The van der Waals surface area contributed by atoms with E-state index >= 15 is 0 Å². The molecule has 0 saturated heterocycles. The van der Waals surface area contributed by atoms with Gasteiger partial charge in [0.05, 0.1) is 20.8 Å². The summed E-state index contributed by atoms with van der Waals surface area (Å²) in [5.74, 6) is 1.88. The van der Waals surface area contributed by atoms with Crippen LogP contribution in [0.3, 0.4) is 0 Å². The summed E-state index contributed by atoms with van der Waals surface area (Å²) in [6.07, 6.45) is 0. The van der Waals surface area contributed by atoms with E-state index in [4.69, 9.17) is 18.9 Å². The van der Waals surface area contributed by atoms with Gasteiger partial charge < -0.3 is 34.9 Å². The molecule has 2 heterocycles. The summed E-state index contributed by atoms with van der Waals surface area (Å²) in [4.78, 5) is 26.0. The molecule has 1 aromatic carbocycles. The third kappa shape index (κ3) is 8.18. The Morgan fingerprint density at radius 3 is 2.37 bits per heavy atom. The Bertz CT molecular complexity index is 1190. The average Bonchev–Trinajstić information content (AvgIpc) is 3.36. The Kier molecular flexibility index (Phi) is 10.5. The fourth-order valence-electron chi connectivity index (χ4n) is 3.16. The number of rotatable bonds is 14. The van der Waals surface area contributed by atoms with E-state index in [0.717, 1.165) is 12.1 Å². The molecular formula is C26H36N6O5S. The number of methoxy groups -OCH3 is 2. The van der Waals surface area contributed by atoms with Gasteiger partial charge in [-0.1, -0.05) is 45.1 Å². The fourth-order valence-corrected chi connectivity index (χ4v) is 3.82. The minimum atomic E-state index is -0.483. The van der Waals surface area contributed by atoms with Crippen LogP contribution in [0.25, 0.3) is 0 Å². The first-order chi connectivity index (χ1) is 18.2. The molecule has 12 heteroatoms. The molecule has 11 nitrogen and oxygen atoms in total. The molecule has 0 aliphatic carbocycles. The molecule has 0 atom stereocenters. The highest BCUT2D eigenvalue weighted by atomic mass is 32.1. The molecular weight excluding hydrogens is 508 g/mol. The summed E-state index contributed by atoms with van der Waals surface area (Å²) in [5, 5.41) is 11.1. The fraction of sp³-hybridized carbons (Fsp3) is 0.462. The zero-order chi connectivity index (χ0) is 27.7. The summed E-state index contributed by atoms with van der Waals surface area (Å²) in [5.41, 5.74) is 1.29. The molecule has 0 unspecified atom stereocenters. The number of nitrogens with zero attached hydrogens (tertiary/aromatic N) is 3. The second-order valence-corrected chi connectivity index (χ2v) is 9.98. The van der Waals surface area contributed by atoms with Crippen molar-refractivity contribution in [2.45, 2.75) is 40.7 Å². The quantitative estimate of drug-likeness (QED) is 0.245. The molecule has 0 aliphatic heterocycles. The Morgan fingerprint density at radius 1 is 1.03 bits per heavy atom. The van der Waals surface area contributed by atoms with Crippen molar-refractivity contribution in [3.8, 4) is 28.5 Å². The zero-order valence-electron chi connectivity index (χ0n) is 22.9. The minimum Gasteiger partial charge on any atom is -0.493 e. The summed E-state index contributed by atoms with van der Waals surface area (Å²) in [7, 11) is 2.91. The second kappa shape index (κ2) is 13.8. The van der Waals surface area contributed by atoms with Crippen LogP contribution in [0.2, 0.25) is 0 Å².